The average molecular weight is 297 g/mol. The van der Waals surface area contributed by atoms with Gasteiger partial charge in [0.25, 0.3) is 0 Å². The van der Waals surface area contributed by atoms with Gasteiger partial charge in [0.05, 0.1) is 7.11 Å². The van der Waals surface area contributed by atoms with Crippen LogP contribution in [0.4, 0.5) is 0 Å². The van der Waals surface area contributed by atoms with Crippen molar-refractivity contribution in [1.29, 1.82) is 0 Å². The zero-order valence-corrected chi connectivity index (χ0v) is 13.4. The molecule has 0 saturated carbocycles. The third-order valence-corrected chi connectivity index (χ3v) is 5.63. The molecule has 1 saturated heterocycles. The first-order valence-corrected chi connectivity index (χ1v) is 8.43. The van der Waals surface area contributed by atoms with Crippen molar-refractivity contribution in [2.24, 2.45) is 11.8 Å². The maximum absolute atomic E-state index is 12.9. The van der Waals surface area contributed by atoms with Crippen LogP contribution in [0.15, 0.2) is 23.1 Å². The maximum Gasteiger partial charge on any atom is 0.246 e. The summed E-state index contributed by atoms with van der Waals surface area (Å²) in [5.74, 6) is 1.20. The summed E-state index contributed by atoms with van der Waals surface area (Å²) in [6.45, 7) is 7.27. The fourth-order valence-electron chi connectivity index (χ4n) is 2.93. The Morgan fingerprint density at radius 3 is 2.35 bits per heavy atom. The molecule has 1 aliphatic rings. The van der Waals surface area contributed by atoms with Crippen LogP contribution in [-0.4, -0.2) is 32.9 Å². The molecule has 0 spiro atoms. The van der Waals surface area contributed by atoms with Gasteiger partial charge in [0.15, 0.2) is 0 Å². The number of hydrogen-bond acceptors (Lipinski definition) is 3. The molecule has 0 amide bonds. The van der Waals surface area contributed by atoms with Gasteiger partial charge in [-0.25, -0.2) is 8.42 Å². The lowest BCUT2D eigenvalue weighted by molar-refractivity contribution is 0.222. The largest absolute Gasteiger partial charge is 0.495 e. The topological polar surface area (TPSA) is 46.6 Å². The monoisotopic (exact) mass is 297 g/mol. The molecule has 4 nitrogen and oxygen atoms in total. The number of ether oxygens (including phenoxy) is 1. The highest BCUT2D eigenvalue weighted by atomic mass is 32.2. The number of sulfonamides is 1. The zero-order valence-electron chi connectivity index (χ0n) is 12.6. The van der Waals surface area contributed by atoms with Crippen LogP contribution < -0.4 is 4.74 Å². The minimum Gasteiger partial charge on any atom is -0.495 e. The number of piperidine rings is 1. The molecule has 0 bridgehead atoms. The van der Waals surface area contributed by atoms with E-state index in [-0.39, 0.29) is 4.90 Å². The van der Waals surface area contributed by atoms with Crippen LogP contribution in [0.1, 0.15) is 25.8 Å². The predicted molar refractivity (Wildman–Crippen MR) is 79.4 cm³/mol. The van der Waals surface area contributed by atoms with Crippen molar-refractivity contribution in [3.05, 3.63) is 23.8 Å². The Balaban J connectivity index is 2.42. The molecule has 0 N–H and O–H groups in total. The summed E-state index contributed by atoms with van der Waals surface area (Å²) in [7, 11) is -1.98. The third-order valence-electron chi connectivity index (χ3n) is 3.77. The summed E-state index contributed by atoms with van der Waals surface area (Å²) in [5, 5.41) is 0. The molecule has 1 aromatic rings. The lowest BCUT2D eigenvalue weighted by Crippen LogP contribution is -2.42. The van der Waals surface area contributed by atoms with Gasteiger partial charge in [0.1, 0.15) is 10.6 Å². The minimum atomic E-state index is -3.48. The van der Waals surface area contributed by atoms with E-state index < -0.39 is 10.0 Å². The molecule has 1 aliphatic heterocycles. The molecule has 2 atom stereocenters. The highest BCUT2D eigenvalue weighted by Gasteiger charge is 2.33. The number of rotatable bonds is 3. The van der Waals surface area contributed by atoms with Gasteiger partial charge >= 0.3 is 0 Å². The molecule has 0 radical (unpaired) electrons. The number of nitrogens with zero attached hydrogens (tertiary/aromatic N) is 1. The molecule has 1 fully saturated rings. The van der Waals surface area contributed by atoms with Crippen LogP contribution in [0, 0.1) is 18.8 Å². The van der Waals surface area contributed by atoms with Crippen LogP contribution in [0.3, 0.4) is 0 Å². The predicted octanol–water partition coefficient (Wildman–Crippen LogP) is 2.67. The highest BCUT2D eigenvalue weighted by molar-refractivity contribution is 7.89. The lowest BCUT2D eigenvalue weighted by Gasteiger charge is -2.34. The summed E-state index contributed by atoms with van der Waals surface area (Å²) in [6.07, 6.45) is 1.08. The van der Waals surface area contributed by atoms with E-state index in [1.54, 1.807) is 16.4 Å². The minimum absolute atomic E-state index is 0.279. The molecule has 0 aromatic heterocycles. The van der Waals surface area contributed by atoms with Crippen LogP contribution in [0.5, 0.6) is 5.75 Å². The fourth-order valence-corrected chi connectivity index (χ4v) is 4.85. The SMILES string of the molecule is COc1ccc(C)cc1S(=O)(=O)N1C[C@H](C)C[C@H](C)C1. The van der Waals surface area contributed by atoms with Crippen molar-refractivity contribution in [3.63, 3.8) is 0 Å². The standard InChI is InChI=1S/C15H23NO3S/c1-11-5-6-14(19-4)15(8-11)20(17,18)16-9-12(2)7-13(3)10-16/h5-6,8,12-13H,7,9-10H2,1-4H3/t12-,13+. The first-order valence-electron chi connectivity index (χ1n) is 6.99. The number of hydrogen-bond donors (Lipinski definition) is 0. The Morgan fingerprint density at radius 2 is 1.80 bits per heavy atom. The van der Waals surface area contributed by atoms with E-state index >= 15 is 0 Å². The fraction of sp³-hybridized carbons (Fsp3) is 0.600. The molecule has 112 valence electrons. The molecular weight excluding hydrogens is 274 g/mol. The van der Waals surface area contributed by atoms with Crippen LogP contribution >= 0.6 is 0 Å². The molecule has 0 unspecified atom stereocenters. The van der Waals surface area contributed by atoms with Crippen molar-refractivity contribution in [1.82, 2.24) is 4.31 Å². The number of benzene rings is 1. The van der Waals surface area contributed by atoms with Crippen LogP contribution in [0.2, 0.25) is 0 Å². The Bertz CT molecular complexity index is 573. The molecule has 20 heavy (non-hydrogen) atoms. The average Bonchev–Trinajstić information content (AvgIpc) is 2.37. The normalized spacial score (nSPS) is 24.6. The van der Waals surface area contributed by atoms with E-state index in [9.17, 15) is 8.42 Å². The number of methoxy groups -OCH3 is 1. The van der Waals surface area contributed by atoms with Gasteiger partial charge in [-0.15, -0.1) is 0 Å². The van der Waals surface area contributed by atoms with Gasteiger partial charge in [0, 0.05) is 13.1 Å². The summed E-state index contributed by atoms with van der Waals surface area (Å²) in [4.78, 5) is 0.279. The van der Waals surface area contributed by atoms with E-state index in [1.807, 2.05) is 13.0 Å². The molecule has 0 aliphatic carbocycles. The lowest BCUT2D eigenvalue weighted by atomic mass is 9.94. The quantitative estimate of drug-likeness (QED) is 0.861. The smallest absolute Gasteiger partial charge is 0.246 e. The van der Waals surface area contributed by atoms with Crippen molar-refractivity contribution in [3.8, 4) is 5.75 Å². The van der Waals surface area contributed by atoms with Gasteiger partial charge in [0.2, 0.25) is 10.0 Å². The zero-order chi connectivity index (χ0) is 14.9. The van der Waals surface area contributed by atoms with Crippen molar-refractivity contribution in [2.75, 3.05) is 20.2 Å². The maximum atomic E-state index is 12.9. The molecule has 5 heteroatoms. The molecule has 1 aromatic carbocycles. The van der Waals surface area contributed by atoms with Crippen molar-refractivity contribution < 1.29 is 13.2 Å². The van der Waals surface area contributed by atoms with Gasteiger partial charge < -0.3 is 4.74 Å². The van der Waals surface area contributed by atoms with E-state index in [0.717, 1.165) is 12.0 Å². The second-order valence-electron chi connectivity index (χ2n) is 5.92. The van der Waals surface area contributed by atoms with E-state index in [2.05, 4.69) is 13.8 Å². The van der Waals surface area contributed by atoms with Crippen molar-refractivity contribution >= 4 is 10.0 Å². The summed E-state index contributed by atoms with van der Waals surface area (Å²) in [6, 6.07) is 5.27. The van der Waals surface area contributed by atoms with Gasteiger partial charge in [-0.3, -0.25) is 0 Å². The third kappa shape index (κ3) is 2.99. The Morgan fingerprint density at radius 1 is 1.20 bits per heavy atom. The van der Waals surface area contributed by atoms with Crippen molar-refractivity contribution in [2.45, 2.75) is 32.1 Å². The van der Waals surface area contributed by atoms with Crippen LogP contribution in [0.25, 0.3) is 0 Å². The van der Waals surface area contributed by atoms with E-state index in [1.165, 1.54) is 7.11 Å². The van der Waals surface area contributed by atoms with Gasteiger partial charge in [-0.2, -0.15) is 4.31 Å². The van der Waals surface area contributed by atoms with E-state index in [0.29, 0.717) is 30.7 Å². The Labute approximate surface area is 121 Å². The summed E-state index contributed by atoms with van der Waals surface area (Å²) in [5.41, 5.74) is 0.919. The Kier molecular flexibility index (Phi) is 4.39. The molecule has 1 heterocycles. The van der Waals surface area contributed by atoms with Gasteiger partial charge in [-0.05, 0) is 42.9 Å². The second kappa shape index (κ2) is 5.74. The Hall–Kier alpha value is -1.07. The summed E-state index contributed by atoms with van der Waals surface area (Å²) >= 11 is 0. The first-order chi connectivity index (χ1) is 9.34. The first kappa shape index (κ1) is 15.3. The highest BCUT2D eigenvalue weighted by Crippen LogP contribution is 2.31. The van der Waals surface area contributed by atoms with Gasteiger partial charge in [-0.1, -0.05) is 19.9 Å². The second-order valence-corrected chi connectivity index (χ2v) is 7.83. The van der Waals surface area contributed by atoms with Crippen LogP contribution in [-0.2, 0) is 10.0 Å². The molecular formula is C15H23NO3S. The van der Waals surface area contributed by atoms with E-state index in [4.69, 9.17) is 4.74 Å². The number of aryl methyl sites for hydroxylation is 1. The molecule has 2 rings (SSSR count). The summed E-state index contributed by atoms with van der Waals surface area (Å²) < 4.78 is 32.5.